The zero-order chi connectivity index (χ0) is 10.3. The predicted molar refractivity (Wildman–Crippen MR) is 57.8 cm³/mol. The van der Waals surface area contributed by atoms with Gasteiger partial charge in [-0.3, -0.25) is 0 Å². The molecule has 0 N–H and O–H groups in total. The van der Waals surface area contributed by atoms with Crippen molar-refractivity contribution in [2.45, 2.75) is 52.6 Å². The summed E-state index contributed by atoms with van der Waals surface area (Å²) in [5.41, 5.74) is 0. The molecule has 2 aliphatic carbocycles. The van der Waals surface area contributed by atoms with Gasteiger partial charge in [0.1, 0.15) is 6.17 Å². The fourth-order valence-electron chi connectivity index (χ4n) is 3.72. The molecule has 1 heteroatoms. The lowest BCUT2D eigenvalue weighted by molar-refractivity contribution is -0.0174. The molecule has 0 radical (unpaired) electrons. The monoisotopic (exact) mass is 198 g/mol. The maximum Gasteiger partial charge on any atom is 0.106 e. The fraction of sp³-hybridized carbons (Fsp3) is 1.00. The predicted octanol–water partition coefficient (Wildman–Crippen LogP) is 4.05. The van der Waals surface area contributed by atoms with E-state index in [1.54, 1.807) is 0 Å². The molecule has 0 spiro atoms. The molecule has 6 unspecified atom stereocenters. The van der Waals surface area contributed by atoms with Crippen LogP contribution in [0.3, 0.4) is 0 Å². The van der Waals surface area contributed by atoms with Crippen LogP contribution >= 0.6 is 0 Å². The van der Waals surface area contributed by atoms with E-state index in [9.17, 15) is 4.39 Å². The molecule has 0 amide bonds. The molecule has 82 valence electrons. The zero-order valence-electron chi connectivity index (χ0n) is 9.67. The van der Waals surface area contributed by atoms with Crippen molar-refractivity contribution in [2.75, 3.05) is 0 Å². The molecule has 2 rings (SSSR count). The van der Waals surface area contributed by atoms with Crippen molar-refractivity contribution >= 4 is 0 Å². The average molecular weight is 198 g/mol. The molecular formula is C13H23F. The molecule has 14 heavy (non-hydrogen) atoms. The number of alkyl halides is 1. The van der Waals surface area contributed by atoms with E-state index in [1.807, 2.05) is 0 Å². The van der Waals surface area contributed by atoms with Gasteiger partial charge in [-0.15, -0.1) is 0 Å². The Hall–Kier alpha value is -0.0700. The zero-order valence-corrected chi connectivity index (χ0v) is 9.67. The van der Waals surface area contributed by atoms with Crippen molar-refractivity contribution in [1.82, 2.24) is 0 Å². The van der Waals surface area contributed by atoms with Crippen LogP contribution in [0.25, 0.3) is 0 Å². The van der Waals surface area contributed by atoms with Crippen LogP contribution < -0.4 is 0 Å². The highest BCUT2D eigenvalue weighted by Crippen LogP contribution is 2.49. The van der Waals surface area contributed by atoms with Gasteiger partial charge >= 0.3 is 0 Å². The summed E-state index contributed by atoms with van der Waals surface area (Å²) < 4.78 is 14.0. The summed E-state index contributed by atoms with van der Waals surface area (Å²) in [5, 5.41) is 0. The van der Waals surface area contributed by atoms with Crippen LogP contribution in [-0.2, 0) is 0 Å². The van der Waals surface area contributed by atoms with E-state index in [4.69, 9.17) is 0 Å². The van der Waals surface area contributed by atoms with E-state index in [0.717, 1.165) is 37.0 Å². The van der Waals surface area contributed by atoms with E-state index in [0.29, 0.717) is 11.8 Å². The van der Waals surface area contributed by atoms with Crippen molar-refractivity contribution in [3.05, 3.63) is 0 Å². The number of hydrogen-bond acceptors (Lipinski definition) is 0. The lowest BCUT2D eigenvalue weighted by Crippen LogP contribution is -2.42. The molecule has 0 aliphatic heterocycles. The van der Waals surface area contributed by atoms with Gasteiger partial charge in [-0.05, 0) is 48.9 Å². The Kier molecular flexibility index (Phi) is 2.86. The highest BCUT2D eigenvalue weighted by atomic mass is 19.1. The fourth-order valence-corrected chi connectivity index (χ4v) is 3.72. The van der Waals surface area contributed by atoms with Gasteiger partial charge < -0.3 is 0 Å². The summed E-state index contributed by atoms with van der Waals surface area (Å²) in [4.78, 5) is 0. The van der Waals surface area contributed by atoms with Crippen LogP contribution in [0.5, 0.6) is 0 Å². The second-order valence-electron chi connectivity index (χ2n) is 5.68. The standard InChI is InChI=1S/C13H23F/c1-4-10-6-11-7-12(13(10)14)5-8(2)9(11)3/h8-13H,4-7H2,1-3H3. The van der Waals surface area contributed by atoms with Crippen LogP contribution in [-0.4, -0.2) is 6.17 Å². The van der Waals surface area contributed by atoms with Crippen LogP contribution in [0, 0.1) is 29.6 Å². The Balaban J connectivity index is 2.11. The Morgan fingerprint density at radius 2 is 1.79 bits per heavy atom. The van der Waals surface area contributed by atoms with Crippen molar-refractivity contribution in [1.29, 1.82) is 0 Å². The Morgan fingerprint density at radius 3 is 2.43 bits per heavy atom. The maximum absolute atomic E-state index is 14.0. The average Bonchev–Trinajstić information content (AvgIpc) is 2.18. The second kappa shape index (κ2) is 3.83. The number of fused-ring (bicyclic) bond motifs is 2. The lowest BCUT2D eigenvalue weighted by atomic mass is 9.59. The first-order valence-corrected chi connectivity index (χ1v) is 6.27. The summed E-state index contributed by atoms with van der Waals surface area (Å²) in [6.45, 7) is 6.83. The Labute approximate surface area is 87.3 Å². The van der Waals surface area contributed by atoms with Crippen molar-refractivity contribution in [3.8, 4) is 0 Å². The molecule has 0 aromatic carbocycles. The summed E-state index contributed by atoms with van der Waals surface area (Å²) >= 11 is 0. The van der Waals surface area contributed by atoms with Gasteiger partial charge in [-0.1, -0.05) is 27.2 Å². The van der Waals surface area contributed by atoms with Crippen LogP contribution in [0.1, 0.15) is 46.5 Å². The second-order valence-corrected chi connectivity index (χ2v) is 5.68. The van der Waals surface area contributed by atoms with Crippen LogP contribution in [0.4, 0.5) is 4.39 Å². The largest absolute Gasteiger partial charge is 0.247 e. The number of hydrogen-bond donors (Lipinski definition) is 0. The van der Waals surface area contributed by atoms with Crippen LogP contribution in [0.15, 0.2) is 0 Å². The molecule has 2 saturated carbocycles. The molecule has 6 atom stereocenters. The first-order chi connectivity index (χ1) is 6.63. The number of rotatable bonds is 1. The van der Waals surface area contributed by atoms with Crippen LogP contribution in [0.2, 0.25) is 0 Å². The minimum absolute atomic E-state index is 0.369. The van der Waals surface area contributed by atoms with Crippen molar-refractivity contribution in [2.24, 2.45) is 29.6 Å². The van der Waals surface area contributed by atoms with E-state index in [-0.39, 0.29) is 0 Å². The van der Waals surface area contributed by atoms with Gasteiger partial charge in [0.2, 0.25) is 0 Å². The molecule has 2 fully saturated rings. The van der Waals surface area contributed by atoms with Gasteiger partial charge in [0.25, 0.3) is 0 Å². The molecule has 2 bridgehead atoms. The van der Waals surface area contributed by atoms with E-state index in [1.165, 1.54) is 6.42 Å². The van der Waals surface area contributed by atoms with Gasteiger partial charge in [0, 0.05) is 0 Å². The third-order valence-electron chi connectivity index (χ3n) is 4.95. The normalized spacial score (nSPS) is 53.1. The third kappa shape index (κ3) is 1.59. The SMILES string of the molecule is CCC1CC2CC(CC(C)C2C)C1F. The van der Waals surface area contributed by atoms with Gasteiger partial charge in [0.05, 0.1) is 0 Å². The highest BCUT2D eigenvalue weighted by Gasteiger charge is 2.44. The molecule has 2 aliphatic rings. The van der Waals surface area contributed by atoms with E-state index in [2.05, 4.69) is 20.8 Å². The maximum atomic E-state index is 14.0. The summed E-state index contributed by atoms with van der Waals surface area (Å²) in [7, 11) is 0. The number of halogens is 1. The van der Waals surface area contributed by atoms with Gasteiger partial charge in [0.15, 0.2) is 0 Å². The molecule has 0 heterocycles. The smallest absolute Gasteiger partial charge is 0.106 e. The molecule has 0 saturated heterocycles. The summed E-state index contributed by atoms with van der Waals surface area (Å²) in [5.74, 6) is 3.15. The molecule has 0 nitrogen and oxygen atoms in total. The van der Waals surface area contributed by atoms with Gasteiger partial charge in [-0.2, -0.15) is 0 Å². The minimum Gasteiger partial charge on any atom is -0.247 e. The molecular weight excluding hydrogens is 175 g/mol. The lowest BCUT2D eigenvalue weighted by Gasteiger charge is -2.47. The highest BCUT2D eigenvalue weighted by molar-refractivity contribution is 4.93. The minimum atomic E-state index is -0.494. The first kappa shape index (κ1) is 10.4. The quantitative estimate of drug-likeness (QED) is 0.596. The van der Waals surface area contributed by atoms with Crippen molar-refractivity contribution < 1.29 is 4.39 Å². The molecule has 0 aromatic heterocycles. The Morgan fingerprint density at radius 1 is 1.07 bits per heavy atom. The van der Waals surface area contributed by atoms with E-state index < -0.39 is 6.17 Å². The van der Waals surface area contributed by atoms with Gasteiger partial charge in [-0.25, -0.2) is 4.39 Å². The first-order valence-electron chi connectivity index (χ1n) is 6.27. The van der Waals surface area contributed by atoms with E-state index >= 15 is 0 Å². The third-order valence-corrected chi connectivity index (χ3v) is 4.95. The van der Waals surface area contributed by atoms with Crippen molar-refractivity contribution in [3.63, 3.8) is 0 Å². The summed E-state index contributed by atoms with van der Waals surface area (Å²) in [6.07, 6.45) is 4.00. The molecule has 0 aromatic rings. The Bertz CT molecular complexity index is 199. The topological polar surface area (TPSA) is 0 Å². The summed E-state index contributed by atoms with van der Waals surface area (Å²) in [6, 6.07) is 0.